The average molecular weight is 273 g/mol. The lowest BCUT2D eigenvalue weighted by atomic mass is 10.1. The average Bonchev–Trinajstić information content (AvgIpc) is 3.09. The molecule has 0 atom stereocenters. The summed E-state index contributed by atoms with van der Waals surface area (Å²) in [5.41, 5.74) is 2.81. The number of nitrogens with zero attached hydrogens (tertiary/aromatic N) is 2. The van der Waals surface area contributed by atoms with Gasteiger partial charge < -0.3 is 14.6 Å². The molecule has 1 aliphatic carbocycles. The fourth-order valence-electron chi connectivity index (χ4n) is 2.62. The zero-order valence-electron chi connectivity index (χ0n) is 11.6. The van der Waals surface area contributed by atoms with Crippen molar-refractivity contribution in [2.24, 2.45) is 0 Å². The number of rotatable bonds is 6. The van der Waals surface area contributed by atoms with E-state index in [1.807, 2.05) is 0 Å². The Labute approximate surface area is 118 Å². The van der Waals surface area contributed by atoms with Crippen molar-refractivity contribution in [1.82, 2.24) is 15.5 Å². The van der Waals surface area contributed by atoms with Crippen molar-refractivity contribution >= 4 is 0 Å². The van der Waals surface area contributed by atoms with Gasteiger partial charge in [-0.3, -0.25) is 0 Å². The van der Waals surface area contributed by atoms with Crippen molar-refractivity contribution in [1.29, 1.82) is 0 Å². The minimum Gasteiger partial charge on any atom is -0.383 e. The van der Waals surface area contributed by atoms with E-state index < -0.39 is 0 Å². The van der Waals surface area contributed by atoms with Crippen LogP contribution in [0.4, 0.5) is 0 Å². The van der Waals surface area contributed by atoms with Crippen LogP contribution < -0.4 is 5.32 Å². The third-order valence-electron chi connectivity index (χ3n) is 3.66. The summed E-state index contributed by atoms with van der Waals surface area (Å²) in [6.07, 6.45) is 2.01. The fourth-order valence-corrected chi connectivity index (χ4v) is 2.62. The monoisotopic (exact) mass is 273 g/mol. The Morgan fingerprint density at radius 3 is 2.75 bits per heavy atom. The summed E-state index contributed by atoms with van der Waals surface area (Å²) in [6.45, 7) is 2.05. The van der Waals surface area contributed by atoms with E-state index in [0.29, 0.717) is 25.0 Å². The van der Waals surface area contributed by atoms with E-state index in [0.717, 1.165) is 25.2 Å². The maximum absolute atomic E-state index is 5.29. The molecule has 5 heteroatoms. The van der Waals surface area contributed by atoms with Crippen LogP contribution in [0.25, 0.3) is 0 Å². The molecule has 0 spiro atoms. The highest BCUT2D eigenvalue weighted by Gasteiger charge is 2.26. The van der Waals surface area contributed by atoms with Crippen LogP contribution in [0, 0.1) is 0 Å². The number of hydrogen-bond donors (Lipinski definition) is 1. The molecule has 0 saturated carbocycles. The van der Waals surface area contributed by atoms with Gasteiger partial charge in [0, 0.05) is 19.6 Å². The molecule has 1 aromatic heterocycles. The zero-order valence-corrected chi connectivity index (χ0v) is 11.6. The number of benzene rings is 1. The zero-order chi connectivity index (χ0) is 13.8. The van der Waals surface area contributed by atoms with Crippen LogP contribution >= 0.6 is 0 Å². The van der Waals surface area contributed by atoms with E-state index in [-0.39, 0.29) is 0 Å². The lowest BCUT2D eigenvalue weighted by molar-refractivity contribution is 0.197. The van der Waals surface area contributed by atoms with Crippen molar-refractivity contribution in [3.05, 3.63) is 47.1 Å². The molecule has 1 N–H and O–H groups in total. The second-order valence-corrected chi connectivity index (χ2v) is 5.09. The molecule has 0 aliphatic heterocycles. The highest BCUT2D eigenvalue weighted by atomic mass is 16.5. The van der Waals surface area contributed by atoms with E-state index in [4.69, 9.17) is 9.26 Å². The summed E-state index contributed by atoms with van der Waals surface area (Å²) in [4.78, 5) is 4.49. The maximum Gasteiger partial charge on any atom is 0.240 e. The van der Waals surface area contributed by atoms with Gasteiger partial charge in [0.1, 0.15) is 0 Å². The van der Waals surface area contributed by atoms with Gasteiger partial charge >= 0.3 is 0 Å². The topological polar surface area (TPSA) is 60.2 Å². The Hall–Kier alpha value is -1.72. The minimum atomic E-state index is 0.351. The molecule has 20 heavy (non-hydrogen) atoms. The van der Waals surface area contributed by atoms with E-state index in [9.17, 15) is 0 Å². The fraction of sp³-hybridized carbons (Fsp3) is 0.467. The minimum absolute atomic E-state index is 0.351. The molecule has 0 unspecified atom stereocenters. The molecule has 106 valence electrons. The lowest BCUT2D eigenvalue weighted by Gasteiger charge is -2.01. The molecule has 0 bridgehead atoms. The van der Waals surface area contributed by atoms with Crippen molar-refractivity contribution in [3.8, 4) is 0 Å². The first-order valence-corrected chi connectivity index (χ1v) is 6.95. The Bertz CT molecular complexity index is 543. The van der Waals surface area contributed by atoms with Gasteiger partial charge in [0.05, 0.1) is 13.2 Å². The second kappa shape index (κ2) is 6.15. The SMILES string of the molecule is COCCNCc1nc(C2Cc3ccccc3C2)no1. The van der Waals surface area contributed by atoms with Gasteiger partial charge in [-0.2, -0.15) is 4.98 Å². The number of nitrogens with one attached hydrogen (secondary N) is 1. The number of methoxy groups -OCH3 is 1. The maximum atomic E-state index is 5.29. The van der Waals surface area contributed by atoms with Gasteiger partial charge in [0.15, 0.2) is 5.82 Å². The number of hydrogen-bond acceptors (Lipinski definition) is 5. The molecule has 5 nitrogen and oxygen atoms in total. The Morgan fingerprint density at radius 2 is 2.05 bits per heavy atom. The number of ether oxygens (including phenoxy) is 1. The second-order valence-electron chi connectivity index (χ2n) is 5.09. The molecular formula is C15H19N3O2. The molecule has 0 radical (unpaired) electrons. The van der Waals surface area contributed by atoms with Crippen molar-refractivity contribution in [2.75, 3.05) is 20.3 Å². The van der Waals surface area contributed by atoms with Crippen LogP contribution in [-0.2, 0) is 24.1 Å². The molecule has 1 heterocycles. The van der Waals surface area contributed by atoms with E-state index in [2.05, 4.69) is 39.7 Å². The summed E-state index contributed by atoms with van der Waals surface area (Å²) in [5, 5.41) is 7.33. The summed E-state index contributed by atoms with van der Waals surface area (Å²) in [5.74, 6) is 1.82. The normalized spacial score (nSPS) is 14.7. The summed E-state index contributed by atoms with van der Waals surface area (Å²) in [7, 11) is 1.68. The highest BCUT2D eigenvalue weighted by molar-refractivity contribution is 5.34. The quantitative estimate of drug-likeness (QED) is 0.812. The molecule has 1 aliphatic rings. The molecule has 3 rings (SSSR count). The first-order chi connectivity index (χ1) is 9.86. The lowest BCUT2D eigenvalue weighted by Crippen LogP contribution is -2.18. The van der Waals surface area contributed by atoms with Gasteiger partial charge in [-0.25, -0.2) is 0 Å². The van der Waals surface area contributed by atoms with E-state index in [1.165, 1.54) is 11.1 Å². The van der Waals surface area contributed by atoms with Crippen LogP contribution in [0.5, 0.6) is 0 Å². The van der Waals surface area contributed by atoms with Gasteiger partial charge in [0.25, 0.3) is 0 Å². The third kappa shape index (κ3) is 2.89. The largest absolute Gasteiger partial charge is 0.383 e. The predicted octanol–water partition coefficient (Wildman–Crippen LogP) is 1.69. The van der Waals surface area contributed by atoms with E-state index >= 15 is 0 Å². The first-order valence-electron chi connectivity index (χ1n) is 6.95. The van der Waals surface area contributed by atoms with Gasteiger partial charge in [-0.1, -0.05) is 29.4 Å². The van der Waals surface area contributed by atoms with Crippen molar-refractivity contribution < 1.29 is 9.26 Å². The molecule has 0 saturated heterocycles. The van der Waals surface area contributed by atoms with Gasteiger partial charge in [0.2, 0.25) is 5.89 Å². The van der Waals surface area contributed by atoms with E-state index in [1.54, 1.807) is 7.11 Å². The Balaban J connectivity index is 1.58. The van der Waals surface area contributed by atoms with Gasteiger partial charge in [-0.05, 0) is 24.0 Å². The highest BCUT2D eigenvalue weighted by Crippen LogP contribution is 2.32. The molecule has 2 aromatic rings. The Kier molecular flexibility index (Phi) is 4.08. The molecular weight excluding hydrogens is 254 g/mol. The molecule has 1 aromatic carbocycles. The smallest absolute Gasteiger partial charge is 0.240 e. The van der Waals surface area contributed by atoms with Crippen LogP contribution in [0.15, 0.2) is 28.8 Å². The molecule has 0 amide bonds. The van der Waals surface area contributed by atoms with Gasteiger partial charge in [-0.15, -0.1) is 0 Å². The predicted molar refractivity (Wildman–Crippen MR) is 74.5 cm³/mol. The summed E-state index contributed by atoms with van der Waals surface area (Å²) < 4.78 is 10.3. The van der Waals surface area contributed by atoms with Crippen LogP contribution in [0.1, 0.15) is 28.8 Å². The van der Waals surface area contributed by atoms with Crippen LogP contribution in [-0.4, -0.2) is 30.4 Å². The van der Waals surface area contributed by atoms with Crippen molar-refractivity contribution in [2.45, 2.75) is 25.3 Å². The summed E-state index contributed by atoms with van der Waals surface area (Å²) in [6, 6.07) is 8.54. The first kappa shape index (κ1) is 13.3. The number of aromatic nitrogens is 2. The molecule has 0 fully saturated rings. The van der Waals surface area contributed by atoms with Crippen LogP contribution in [0.3, 0.4) is 0 Å². The van der Waals surface area contributed by atoms with Crippen LogP contribution in [0.2, 0.25) is 0 Å². The number of fused-ring (bicyclic) bond motifs is 1. The van der Waals surface area contributed by atoms with Crippen molar-refractivity contribution in [3.63, 3.8) is 0 Å². The summed E-state index contributed by atoms with van der Waals surface area (Å²) >= 11 is 0. The standard InChI is InChI=1S/C15H19N3O2/c1-19-7-6-16-10-14-17-15(18-20-14)13-8-11-4-2-3-5-12(11)9-13/h2-5,13,16H,6-10H2,1H3. The Morgan fingerprint density at radius 1 is 1.30 bits per heavy atom. The third-order valence-corrected chi connectivity index (χ3v) is 3.66.